The zero-order valence-corrected chi connectivity index (χ0v) is 14.3. The summed E-state index contributed by atoms with van der Waals surface area (Å²) in [5, 5.41) is 6.80. The minimum absolute atomic E-state index is 0.0742. The molecule has 0 fully saturated rings. The Bertz CT molecular complexity index is 855. The fourth-order valence-corrected chi connectivity index (χ4v) is 3.06. The third-order valence-electron chi connectivity index (χ3n) is 3.99. The molecule has 2 heterocycles. The van der Waals surface area contributed by atoms with Crippen molar-refractivity contribution < 1.29 is 9.21 Å². The smallest absolute Gasteiger partial charge is 0.349 e. The van der Waals surface area contributed by atoms with Crippen LogP contribution in [-0.2, 0) is 0 Å². The molecule has 3 rings (SSSR count). The molecular weight excluding hydrogens is 360 g/mol. The van der Waals surface area contributed by atoms with Crippen LogP contribution in [0.1, 0.15) is 22.3 Å². The molecule has 1 aromatic heterocycles. The number of halogens is 1. The molecule has 1 aliphatic heterocycles. The second-order valence-corrected chi connectivity index (χ2v) is 6.44. The molecule has 0 bridgehead atoms. The van der Waals surface area contributed by atoms with E-state index in [0.717, 1.165) is 29.4 Å². The lowest BCUT2D eigenvalue weighted by Crippen LogP contribution is -2.32. The van der Waals surface area contributed by atoms with Gasteiger partial charge in [-0.25, -0.2) is 4.79 Å². The summed E-state index contributed by atoms with van der Waals surface area (Å²) in [4.78, 5) is 24.6. The maximum Gasteiger partial charge on any atom is 0.349 e. The van der Waals surface area contributed by atoms with Gasteiger partial charge in [-0.1, -0.05) is 27.6 Å². The van der Waals surface area contributed by atoms with Crippen molar-refractivity contribution in [2.75, 3.05) is 19.6 Å². The van der Waals surface area contributed by atoms with E-state index in [2.05, 4.69) is 32.6 Å². The van der Waals surface area contributed by atoms with Crippen molar-refractivity contribution in [2.45, 2.75) is 13.3 Å². The quantitative estimate of drug-likeness (QED) is 0.637. The summed E-state index contributed by atoms with van der Waals surface area (Å²) in [5.41, 5.74) is 1.75. The van der Waals surface area contributed by atoms with Gasteiger partial charge in [0.1, 0.15) is 11.1 Å². The van der Waals surface area contributed by atoms with Gasteiger partial charge < -0.3 is 15.1 Å². The number of amides is 1. The van der Waals surface area contributed by atoms with Crippen LogP contribution >= 0.6 is 15.9 Å². The van der Waals surface area contributed by atoms with E-state index in [0.29, 0.717) is 17.7 Å². The Morgan fingerprint density at radius 1 is 1.43 bits per heavy atom. The number of aryl methyl sites for hydroxylation is 1. The molecule has 0 aliphatic carbocycles. The van der Waals surface area contributed by atoms with E-state index in [4.69, 9.17) is 4.42 Å². The topological polar surface area (TPSA) is 71.3 Å². The van der Waals surface area contributed by atoms with E-state index in [1.165, 1.54) is 5.57 Å². The summed E-state index contributed by atoms with van der Waals surface area (Å²) in [5.74, 6) is -0.391. The lowest BCUT2D eigenvalue weighted by Gasteiger charge is -2.15. The molecule has 0 saturated heterocycles. The van der Waals surface area contributed by atoms with Crippen LogP contribution in [0, 0.1) is 6.92 Å². The number of rotatable bonds is 3. The molecule has 0 atom stereocenters. The van der Waals surface area contributed by atoms with Crippen molar-refractivity contribution in [2.24, 2.45) is 0 Å². The molecule has 5 nitrogen and oxygen atoms in total. The summed E-state index contributed by atoms with van der Waals surface area (Å²) >= 11 is 3.40. The van der Waals surface area contributed by atoms with Crippen LogP contribution in [0.4, 0.5) is 0 Å². The maximum atomic E-state index is 12.4. The van der Waals surface area contributed by atoms with Gasteiger partial charge in [0.2, 0.25) is 0 Å². The first kappa shape index (κ1) is 16.0. The standard InChI is InChI=1S/C17H17BrN2O3/c1-10-13-8-12(18)2-3-14(13)23-17(22)15(10)16(21)20-9-11-4-6-19-7-5-11/h2-4,8,19H,5-7,9H2,1H3,(H,20,21). The molecule has 0 spiro atoms. The van der Waals surface area contributed by atoms with Gasteiger partial charge in [-0.15, -0.1) is 0 Å². The summed E-state index contributed by atoms with van der Waals surface area (Å²) < 4.78 is 6.15. The Balaban J connectivity index is 1.90. The third-order valence-corrected chi connectivity index (χ3v) is 4.48. The fourth-order valence-electron chi connectivity index (χ4n) is 2.70. The lowest BCUT2D eigenvalue weighted by atomic mass is 10.0. The second-order valence-electron chi connectivity index (χ2n) is 5.53. The number of carbonyl (C=O) groups excluding carboxylic acids is 1. The molecule has 6 heteroatoms. The molecule has 1 aliphatic rings. The van der Waals surface area contributed by atoms with Crippen molar-refractivity contribution in [3.8, 4) is 0 Å². The first-order chi connectivity index (χ1) is 11.1. The van der Waals surface area contributed by atoms with Crippen LogP contribution in [0.5, 0.6) is 0 Å². The van der Waals surface area contributed by atoms with Crippen molar-refractivity contribution in [1.82, 2.24) is 10.6 Å². The molecule has 23 heavy (non-hydrogen) atoms. The van der Waals surface area contributed by atoms with Crippen LogP contribution in [0.25, 0.3) is 11.0 Å². The fraction of sp³-hybridized carbons (Fsp3) is 0.294. The van der Waals surface area contributed by atoms with Crippen molar-refractivity contribution >= 4 is 32.8 Å². The van der Waals surface area contributed by atoms with Gasteiger partial charge in [-0.2, -0.15) is 0 Å². The van der Waals surface area contributed by atoms with Gasteiger partial charge in [-0.05, 0) is 43.7 Å². The van der Waals surface area contributed by atoms with Crippen molar-refractivity contribution in [3.63, 3.8) is 0 Å². The highest BCUT2D eigenvalue weighted by Gasteiger charge is 2.18. The number of hydrogen-bond donors (Lipinski definition) is 2. The molecule has 2 aromatic rings. The summed E-state index contributed by atoms with van der Waals surface area (Å²) in [6, 6.07) is 5.36. The Labute approximate surface area is 141 Å². The molecule has 0 radical (unpaired) electrons. The Hall–Kier alpha value is -1.92. The first-order valence-corrected chi connectivity index (χ1v) is 8.25. The van der Waals surface area contributed by atoms with Crippen molar-refractivity contribution in [3.05, 3.63) is 55.9 Å². The summed E-state index contributed by atoms with van der Waals surface area (Å²) in [6.45, 7) is 3.95. The number of carbonyl (C=O) groups is 1. The molecule has 1 aromatic carbocycles. The average molecular weight is 377 g/mol. The van der Waals surface area contributed by atoms with Crippen LogP contribution < -0.4 is 16.3 Å². The molecule has 2 N–H and O–H groups in total. The van der Waals surface area contributed by atoms with E-state index in [9.17, 15) is 9.59 Å². The van der Waals surface area contributed by atoms with Crippen LogP contribution in [0.2, 0.25) is 0 Å². The number of benzene rings is 1. The number of hydrogen-bond acceptors (Lipinski definition) is 4. The largest absolute Gasteiger partial charge is 0.422 e. The summed E-state index contributed by atoms with van der Waals surface area (Å²) in [7, 11) is 0. The molecular formula is C17H17BrN2O3. The van der Waals surface area contributed by atoms with E-state index < -0.39 is 11.5 Å². The molecule has 0 saturated carbocycles. The first-order valence-electron chi connectivity index (χ1n) is 7.46. The van der Waals surface area contributed by atoms with Gasteiger partial charge in [-0.3, -0.25) is 4.79 Å². The van der Waals surface area contributed by atoms with Crippen LogP contribution in [-0.4, -0.2) is 25.5 Å². The van der Waals surface area contributed by atoms with Gasteiger partial charge in [0, 0.05) is 22.9 Å². The van der Waals surface area contributed by atoms with Crippen LogP contribution in [0.15, 0.2) is 43.5 Å². The van der Waals surface area contributed by atoms with E-state index in [1.54, 1.807) is 19.1 Å². The minimum Gasteiger partial charge on any atom is -0.422 e. The van der Waals surface area contributed by atoms with Gasteiger partial charge in [0.15, 0.2) is 0 Å². The second kappa shape index (κ2) is 6.68. The third kappa shape index (κ3) is 3.38. The predicted molar refractivity (Wildman–Crippen MR) is 92.8 cm³/mol. The monoisotopic (exact) mass is 376 g/mol. The van der Waals surface area contributed by atoms with Gasteiger partial charge >= 0.3 is 5.63 Å². The lowest BCUT2D eigenvalue weighted by molar-refractivity contribution is 0.0952. The van der Waals surface area contributed by atoms with Gasteiger partial charge in [0.25, 0.3) is 5.91 Å². The Morgan fingerprint density at radius 3 is 3.00 bits per heavy atom. The predicted octanol–water partition coefficient (Wildman–Crippen LogP) is 2.51. The highest BCUT2D eigenvalue weighted by atomic mass is 79.9. The number of fused-ring (bicyclic) bond motifs is 1. The average Bonchev–Trinajstić information content (AvgIpc) is 2.55. The molecule has 1 amide bonds. The zero-order chi connectivity index (χ0) is 16.4. The molecule has 0 unspecified atom stereocenters. The summed E-state index contributed by atoms with van der Waals surface area (Å²) in [6.07, 6.45) is 2.97. The van der Waals surface area contributed by atoms with Crippen molar-refractivity contribution in [1.29, 1.82) is 0 Å². The number of nitrogens with one attached hydrogen (secondary N) is 2. The maximum absolute atomic E-state index is 12.4. The van der Waals surface area contributed by atoms with Gasteiger partial charge in [0.05, 0.1) is 0 Å². The Morgan fingerprint density at radius 2 is 2.26 bits per heavy atom. The highest BCUT2D eigenvalue weighted by Crippen LogP contribution is 2.23. The highest BCUT2D eigenvalue weighted by molar-refractivity contribution is 9.10. The zero-order valence-electron chi connectivity index (χ0n) is 12.7. The van der Waals surface area contributed by atoms with E-state index in [-0.39, 0.29) is 5.56 Å². The minimum atomic E-state index is -0.603. The van der Waals surface area contributed by atoms with Crippen LogP contribution in [0.3, 0.4) is 0 Å². The Kier molecular flexibility index (Phi) is 4.63. The normalized spacial score (nSPS) is 14.6. The molecule has 120 valence electrons. The van der Waals surface area contributed by atoms with E-state index in [1.807, 2.05) is 6.07 Å². The SMILES string of the molecule is Cc1c(C(=O)NCC2=CCNCC2)c(=O)oc2ccc(Br)cc12. The van der Waals surface area contributed by atoms with E-state index >= 15 is 0 Å².